The molecule has 6 aromatic carbocycles. The Bertz CT molecular complexity index is 3040. The number of rotatable bonds is 2. The quantitative estimate of drug-likeness (QED) is 0.201. The Balaban J connectivity index is 1.03. The average Bonchev–Trinajstić information content (AvgIpc) is 3.18. The Morgan fingerprint density at radius 2 is 1.17 bits per heavy atom. The molecule has 0 radical (unpaired) electrons. The van der Waals surface area contributed by atoms with E-state index in [4.69, 9.17) is 4.98 Å². The Hall–Kier alpha value is -7.12. The second-order valence-corrected chi connectivity index (χ2v) is 13.6. The molecule has 242 valence electrons. The van der Waals surface area contributed by atoms with Gasteiger partial charge in [-0.15, -0.1) is 0 Å². The second kappa shape index (κ2) is 9.99. The minimum absolute atomic E-state index is 0.148. The number of aromatic nitrogens is 1. The predicted octanol–water partition coefficient (Wildman–Crippen LogP) is 7.72. The molecule has 1 aromatic heterocycles. The zero-order chi connectivity index (χ0) is 35.0. The molecule has 0 fully saturated rings. The standard InChI is InChI=1S/C45H22N2O5/c48-41-26-6-1-3-8-28(26)44(51)38-30(41)10-5-11-34(38)46-21-12-13-22-23-18-19-35-37-24(14-16-31(36(23)37)43(50)33(22)20-21)25-15-17-32-39(40(25)47-35)45(52)29-9-4-2-7-27(29)42(32)49/h1-20,39,46H. The maximum atomic E-state index is 14.3. The summed E-state index contributed by atoms with van der Waals surface area (Å²) in [7, 11) is 0. The summed E-state index contributed by atoms with van der Waals surface area (Å²) in [5.41, 5.74) is 7.62. The highest BCUT2D eigenvalue weighted by Gasteiger charge is 2.41. The first-order chi connectivity index (χ1) is 25.4. The predicted molar refractivity (Wildman–Crippen MR) is 197 cm³/mol. The van der Waals surface area contributed by atoms with Gasteiger partial charge in [0.2, 0.25) is 0 Å². The molecule has 7 heteroatoms. The maximum Gasteiger partial charge on any atom is 0.196 e. The lowest BCUT2D eigenvalue weighted by Gasteiger charge is -2.28. The molecule has 52 heavy (non-hydrogen) atoms. The Morgan fingerprint density at radius 3 is 1.98 bits per heavy atom. The number of carbonyl (C=O) groups is 5. The van der Waals surface area contributed by atoms with Gasteiger partial charge in [-0.05, 0) is 46.8 Å². The summed E-state index contributed by atoms with van der Waals surface area (Å²) in [6, 6.07) is 32.1. The van der Waals surface area contributed by atoms with Gasteiger partial charge < -0.3 is 5.32 Å². The number of allylic oxidation sites excluding steroid dienone is 2. The number of Topliss-reactive ketones (excluding diaryl/α,β-unsaturated/α-hetero) is 2. The van der Waals surface area contributed by atoms with Crippen LogP contribution < -0.4 is 10.5 Å². The molecule has 11 rings (SSSR count). The summed E-state index contributed by atoms with van der Waals surface area (Å²) in [4.78, 5) is 73.6. The van der Waals surface area contributed by atoms with E-state index in [0.717, 1.165) is 32.5 Å². The highest BCUT2D eigenvalue weighted by molar-refractivity contribution is 6.32. The summed E-state index contributed by atoms with van der Waals surface area (Å²) in [6.07, 6.45) is 3.61. The average molecular weight is 671 g/mol. The molecule has 0 saturated carbocycles. The molecule has 1 heterocycles. The number of pyridine rings is 1. The third-order valence-corrected chi connectivity index (χ3v) is 11.0. The van der Waals surface area contributed by atoms with Crippen molar-refractivity contribution in [3.63, 3.8) is 0 Å². The molecule has 7 aromatic rings. The molecule has 0 bridgehead atoms. The summed E-state index contributed by atoms with van der Waals surface area (Å²) >= 11 is 0. The maximum absolute atomic E-state index is 14.3. The van der Waals surface area contributed by atoms with Crippen molar-refractivity contribution < 1.29 is 24.0 Å². The molecule has 1 unspecified atom stereocenters. The van der Waals surface area contributed by atoms with Gasteiger partial charge in [-0.1, -0.05) is 91.0 Å². The molecule has 7 nitrogen and oxygen atoms in total. The van der Waals surface area contributed by atoms with Crippen LogP contribution in [0.2, 0.25) is 0 Å². The minimum Gasteiger partial charge on any atom is -0.355 e. The van der Waals surface area contributed by atoms with E-state index in [1.54, 1.807) is 78.9 Å². The Morgan fingerprint density at radius 1 is 0.500 bits per heavy atom. The first-order valence-corrected chi connectivity index (χ1v) is 17.0. The smallest absolute Gasteiger partial charge is 0.196 e. The largest absolute Gasteiger partial charge is 0.355 e. The zero-order valence-electron chi connectivity index (χ0n) is 27.1. The first kappa shape index (κ1) is 28.7. The number of hydrogen-bond donors (Lipinski definition) is 1. The highest BCUT2D eigenvalue weighted by atomic mass is 16.1. The van der Waals surface area contributed by atoms with Gasteiger partial charge in [0, 0.05) is 66.2 Å². The molecular formula is C45H22N2O5. The van der Waals surface area contributed by atoms with Crippen molar-refractivity contribution in [2.24, 2.45) is 0 Å². The van der Waals surface area contributed by atoms with Gasteiger partial charge >= 0.3 is 0 Å². The van der Waals surface area contributed by atoms with E-state index in [1.807, 2.05) is 42.5 Å². The van der Waals surface area contributed by atoms with Gasteiger partial charge in [0.1, 0.15) is 0 Å². The van der Waals surface area contributed by atoms with Crippen molar-refractivity contribution in [2.75, 3.05) is 5.32 Å². The lowest BCUT2D eigenvalue weighted by atomic mass is 9.73. The molecule has 0 aliphatic heterocycles. The van der Waals surface area contributed by atoms with Crippen LogP contribution >= 0.6 is 0 Å². The van der Waals surface area contributed by atoms with Crippen molar-refractivity contribution in [3.05, 3.63) is 176 Å². The van der Waals surface area contributed by atoms with Crippen LogP contribution in [0.15, 0.2) is 121 Å². The molecule has 1 atom stereocenters. The zero-order valence-corrected chi connectivity index (χ0v) is 27.1. The van der Waals surface area contributed by atoms with E-state index in [9.17, 15) is 24.0 Å². The monoisotopic (exact) mass is 670 g/mol. The normalized spacial score (nSPS) is 16.3. The number of benzene rings is 6. The van der Waals surface area contributed by atoms with Crippen LogP contribution in [0.25, 0.3) is 38.9 Å². The number of anilines is 2. The highest BCUT2D eigenvalue weighted by Crippen LogP contribution is 2.45. The SMILES string of the molecule is O=C1C2=CC=c3c(nc4ccc5c6c(ccc3c46)C(=O)c3cc(Nc4cccc6c4C(=O)c4ccccc4C6=O)ccc3-5)C2C(=O)c2ccccc21. The van der Waals surface area contributed by atoms with Crippen LogP contribution in [0.3, 0.4) is 0 Å². The summed E-state index contributed by atoms with van der Waals surface area (Å²) in [6.45, 7) is 0. The summed E-state index contributed by atoms with van der Waals surface area (Å²) in [5, 5.41) is 6.58. The lowest BCUT2D eigenvalue weighted by molar-refractivity contribution is 0.0913. The van der Waals surface area contributed by atoms with E-state index >= 15 is 0 Å². The van der Waals surface area contributed by atoms with Crippen molar-refractivity contribution in [2.45, 2.75) is 5.92 Å². The Kier molecular flexibility index (Phi) is 5.51. The van der Waals surface area contributed by atoms with Crippen LogP contribution in [0.5, 0.6) is 0 Å². The van der Waals surface area contributed by atoms with Crippen molar-refractivity contribution in [1.29, 1.82) is 0 Å². The fourth-order valence-electron chi connectivity index (χ4n) is 8.62. The van der Waals surface area contributed by atoms with Gasteiger partial charge in [0.05, 0.1) is 28.4 Å². The van der Waals surface area contributed by atoms with Crippen LogP contribution in [-0.2, 0) is 0 Å². The minimum atomic E-state index is -0.801. The molecular weight excluding hydrogens is 649 g/mol. The number of fused-ring (bicyclic) bond motifs is 9. The topological polar surface area (TPSA) is 110 Å². The number of ketones is 5. The number of hydrogen-bond acceptors (Lipinski definition) is 7. The molecule has 4 aliphatic rings. The van der Waals surface area contributed by atoms with Gasteiger partial charge in [-0.2, -0.15) is 0 Å². The van der Waals surface area contributed by atoms with Crippen molar-refractivity contribution in [1.82, 2.24) is 4.98 Å². The van der Waals surface area contributed by atoms with E-state index in [-0.39, 0.29) is 28.9 Å². The van der Waals surface area contributed by atoms with Crippen molar-refractivity contribution in [3.8, 4) is 11.1 Å². The van der Waals surface area contributed by atoms with E-state index in [1.165, 1.54) is 0 Å². The lowest BCUT2D eigenvalue weighted by Crippen LogP contribution is -2.34. The fourth-order valence-corrected chi connectivity index (χ4v) is 8.62. The Labute approximate surface area is 294 Å². The van der Waals surface area contributed by atoms with E-state index in [0.29, 0.717) is 72.7 Å². The molecule has 0 saturated heterocycles. The number of nitrogens with zero attached hydrogens (tertiary/aromatic N) is 1. The van der Waals surface area contributed by atoms with Gasteiger partial charge in [-0.3, -0.25) is 29.0 Å². The molecule has 1 N–H and O–H groups in total. The van der Waals surface area contributed by atoms with Crippen LogP contribution in [0.1, 0.15) is 80.1 Å². The molecule has 0 spiro atoms. The molecule has 4 aliphatic carbocycles. The third kappa shape index (κ3) is 3.58. The van der Waals surface area contributed by atoms with Crippen molar-refractivity contribution >= 4 is 68.0 Å². The number of nitrogens with one attached hydrogen (secondary N) is 1. The first-order valence-electron chi connectivity index (χ1n) is 17.0. The van der Waals surface area contributed by atoms with E-state index < -0.39 is 5.92 Å². The fraction of sp³-hybridized carbons (Fsp3) is 0.0222. The summed E-state index contributed by atoms with van der Waals surface area (Å²) < 4.78 is 0. The van der Waals surface area contributed by atoms with Gasteiger partial charge in [0.25, 0.3) is 0 Å². The van der Waals surface area contributed by atoms with Crippen LogP contribution in [-0.4, -0.2) is 33.9 Å². The molecule has 0 amide bonds. The van der Waals surface area contributed by atoms with Gasteiger partial charge in [-0.25, -0.2) is 0 Å². The van der Waals surface area contributed by atoms with Crippen LogP contribution in [0.4, 0.5) is 11.4 Å². The number of carbonyl (C=O) groups excluding carboxylic acids is 5. The van der Waals surface area contributed by atoms with Gasteiger partial charge in [0.15, 0.2) is 28.9 Å². The van der Waals surface area contributed by atoms with Crippen LogP contribution in [0, 0.1) is 0 Å². The third-order valence-electron chi connectivity index (χ3n) is 11.0. The summed E-state index contributed by atoms with van der Waals surface area (Å²) in [5.74, 6) is -1.69. The van der Waals surface area contributed by atoms with E-state index in [2.05, 4.69) is 5.32 Å². The second-order valence-electron chi connectivity index (χ2n) is 13.6.